The second kappa shape index (κ2) is 12.8. The molecule has 2 aromatic rings. The Balaban J connectivity index is 0.00000231. The summed E-state index contributed by atoms with van der Waals surface area (Å²) in [6, 6.07) is -0.135. The van der Waals surface area contributed by atoms with Gasteiger partial charge in [0.2, 0.25) is 0 Å². The number of fused-ring (bicyclic) bond motifs is 7. The van der Waals surface area contributed by atoms with Crippen LogP contribution < -0.4 is 20.7 Å². The quantitative estimate of drug-likeness (QED) is 0.378. The van der Waals surface area contributed by atoms with Gasteiger partial charge in [-0.25, -0.2) is 4.99 Å². The van der Waals surface area contributed by atoms with E-state index in [1.54, 1.807) is 0 Å². The van der Waals surface area contributed by atoms with Crippen LogP contribution in [0.5, 0.6) is 0 Å². The molecule has 7 heteroatoms. The molecular weight excluding hydrogens is 689 g/mol. The molecule has 5 rings (SSSR count). The van der Waals surface area contributed by atoms with E-state index < -0.39 is 5.97 Å². The fourth-order valence-corrected chi connectivity index (χ4v) is 6.13. The minimum Gasteiger partial charge on any atom is -0.675 e. The number of aliphatic carboxylic acids is 1. The normalized spacial score (nSPS) is 21.7. The van der Waals surface area contributed by atoms with Crippen molar-refractivity contribution in [2.45, 2.75) is 86.6 Å². The Hall–Kier alpha value is -3.15. The maximum absolute atomic E-state index is 11.5. The first kappa shape index (κ1) is 32.4. The van der Waals surface area contributed by atoms with Crippen molar-refractivity contribution in [3.05, 3.63) is 90.8 Å². The minimum absolute atomic E-state index is 0. The van der Waals surface area contributed by atoms with E-state index in [4.69, 9.17) is 20.3 Å². The molecule has 1 N–H and O–H groups in total. The molecule has 5 heterocycles. The molecule has 1 atom stereocenters. The summed E-state index contributed by atoms with van der Waals surface area (Å²) in [6.07, 6.45) is 11.6. The number of hydrogen-bond acceptors (Lipinski definition) is 2. The molecule has 0 saturated carbocycles. The minimum atomic E-state index is -0.809. The number of hydrogen-bond donors (Lipinski definition) is 1. The number of aromatic nitrogens is 2. The van der Waals surface area contributed by atoms with Crippen LogP contribution in [0.2, 0.25) is 0 Å². The average molecular weight is 729 g/mol. The molecule has 0 aromatic carbocycles. The number of allylic oxidation sites excluding steroid dienone is 3. The molecule has 0 spiro atoms. The number of carboxylic acid groups (broad SMARTS) is 1. The molecule has 0 amide bonds. The summed E-state index contributed by atoms with van der Waals surface area (Å²) in [5, 5.41) is 16.2. The summed E-state index contributed by atoms with van der Waals surface area (Å²) in [5.74, 6) is -0.809. The van der Waals surface area contributed by atoms with Crippen molar-refractivity contribution in [2.75, 3.05) is 0 Å². The second-order valence-corrected chi connectivity index (χ2v) is 10.6. The standard InChI is InChI=1S/C33H38N4O2.CH3.Ir/c1-8-21-17(4)25-13-26-20(7)24(11-12-33(38)39)32(37-26)16-31-23(10-3)19(6)28(36-31)15-30-22(9-2)18(5)27(35-30)14-29(21)34-25;;/h13-16,31H,8-12H2,1-7H3,(H2-2,34,35,36,37,38,39);1H3;/q-2;-1;/p-1/b32-16-;;. The first-order valence-corrected chi connectivity index (χ1v) is 14.0. The summed E-state index contributed by atoms with van der Waals surface area (Å²) >= 11 is 0. The molecule has 1 radical (unpaired) electrons. The predicted molar refractivity (Wildman–Crippen MR) is 165 cm³/mol. The summed E-state index contributed by atoms with van der Waals surface area (Å²) in [7, 11) is 0. The Morgan fingerprint density at radius 3 is 2.24 bits per heavy atom. The molecule has 2 aromatic heterocycles. The van der Waals surface area contributed by atoms with E-state index in [0.717, 1.165) is 75.2 Å². The average Bonchev–Trinajstić information content (AvgIpc) is 3.55. The molecule has 6 nitrogen and oxygen atoms in total. The fourth-order valence-electron chi connectivity index (χ4n) is 6.13. The molecule has 0 fully saturated rings. The third kappa shape index (κ3) is 5.80. The first-order valence-electron chi connectivity index (χ1n) is 14.0. The van der Waals surface area contributed by atoms with Gasteiger partial charge in [-0.3, -0.25) is 4.79 Å². The molecule has 221 valence electrons. The van der Waals surface area contributed by atoms with E-state index in [2.05, 4.69) is 65.8 Å². The van der Waals surface area contributed by atoms with Crippen molar-refractivity contribution < 1.29 is 30.0 Å². The van der Waals surface area contributed by atoms with Gasteiger partial charge in [0.05, 0.1) is 11.4 Å². The monoisotopic (exact) mass is 729 g/mol. The van der Waals surface area contributed by atoms with Gasteiger partial charge in [-0.2, -0.15) is 0 Å². The van der Waals surface area contributed by atoms with Crippen LogP contribution in [0.4, 0.5) is 0 Å². The van der Waals surface area contributed by atoms with Gasteiger partial charge in [0.1, 0.15) is 0 Å². The molecule has 8 bridgehead atoms. The Morgan fingerprint density at radius 1 is 0.878 bits per heavy atom. The Bertz CT molecular complexity index is 1660. The SMILES string of the molecule is CCC1=C(C)C2=NC/1=C\c1[n-]c(c(CC)c1C)/C=C1\[N-]C(/C=c3\[n-]/c(c(C)c3CCC(=O)O)=C\2)C(CC)=C1C.[CH3-].[Ir]. The molecule has 3 aliphatic rings. The van der Waals surface area contributed by atoms with Crippen molar-refractivity contribution in [1.82, 2.24) is 9.97 Å². The molecule has 41 heavy (non-hydrogen) atoms. The number of carboxylic acids is 1. The second-order valence-electron chi connectivity index (χ2n) is 10.6. The number of aliphatic imine (C=N–C) groups is 1. The smallest absolute Gasteiger partial charge is 0.303 e. The van der Waals surface area contributed by atoms with Crippen LogP contribution in [0.1, 0.15) is 87.5 Å². The first-order chi connectivity index (χ1) is 18.7. The molecule has 0 aliphatic carbocycles. The van der Waals surface area contributed by atoms with Gasteiger partial charge in [-0.05, 0) is 64.5 Å². The largest absolute Gasteiger partial charge is 0.675 e. The van der Waals surface area contributed by atoms with Gasteiger partial charge >= 0.3 is 5.97 Å². The third-order valence-corrected chi connectivity index (χ3v) is 8.47. The van der Waals surface area contributed by atoms with Gasteiger partial charge in [-0.15, -0.1) is 33.9 Å². The van der Waals surface area contributed by atoms with Crippen molar-refractivity contribution in [3.8, 4) is 0 Å². The van der Waals surface area contributed by atoms with E-state index in [1.165, 1.54) is 27.8 Å². The molecule has 1 unspecified atom stereocenters. The van der Waals surface area contributed by atoms with Crippen LogP contribution in [0.3, 0.4) is 0 Å². The van der Waals surface area contributed by atoms with E-state index >= 15 is 0 Å². The van der Waals surface area contributed by atoms with Crippen molar-refractivity contribution in [1.29, 1.82) is 0 Å². The zero-order chi connectivity index (χ0) is 28.0. The van der Waals surface area contributed by atoms with Crippen LogP contribution in [0.15, 0.2) is 38.7 Å². The van der Waals surface area contributed by atoms with Crippen LogP contribution >= 0.6 is 0 Å². The number of carbonyl (C=O) groups is 1. The zero-order valence-electron chi connectivity index (χ0n) is 25.4. The van der Waals surface area contributed by atoms with Gasteiger partial charge < -0.3 is 27.8 Å². The zero-order valence-corrected chi connectivity index (χ0v) is 27.8. The Morgan fingerprint density at radius 2 is 1.61 bits per heavy atom. The van der Waals surface area contributed by atoms with E-state index in [0.29, 0.717) is 6.42 Å². The van der Waals surface area contributed by atoms with Crippen LogP contribution in [0, 0.1) is 21.3 Å². The number of nitrogens with zero attached hydrogens (tertiary/aromatic N) is 4. The third-order valence-electron chi connectivity index (χ3n) is 8.47. The van der Waals surface area contributed by atoms with E-state index in [9.17, 15) is 9.90 Å². The van der Waals surface area contributed by atoms with E-state index in [-0.39, 0.29) is 40.0 Å². The predicted octanol–water partition coefficient (Wildman–Crippen LogP) is 5.87. The van der Waals surface area contributed by atoms with Gasteiger partial charge in [0.15, 0.2) is 0 Å². The summed E-state index contributed by atoms with van der Waals surface area (Å²) in [5.41, 5.74) is 14.0. The van der Waals surface area contributed by atoms with Crippen molar-refractivity contribution >= 4 is 36.0 Å². The summed E-state index contributed by atoms with van der Waals surface area (Å²) < 4.78 is 0. The van der Waals surface area contributed by atoms with Crippen molar-refractivity contribution in [2.24, 2.45) is 4.99 Å². The molecular formula is C34H40IrN4O2-4. The van der Waals surface area contributed by atoms with Gasteiger partial charge in [-0.1, -0.05) is 78.4 Å². The summed E-state index contributed by atoms with van der Waals surface area (Å²) in [6.45, 7) is 15.0. The number of rotatable bonds is 6. The van der Waals surface area contributed by atoms with Crippen LogP contribution in [0.25, 0.3) is 29.6 Å². The Labute approximate surface area is 257 Å². The topological polar surface area (TPSA) is 92.0 Å². The van der Waals surface area contributed by atoms with Gasteiger partial charge in [0.25, 0.3) is 0 Å². The van der Waals surface area contributed by atoms with Crippen molar-refractivity contribution in [3.63, 3.8) is 0 Å². The Kier molecular flexibility index (Phi) is 10.1. The van der Waals surface area contributed by atoms with Crippen LogP contribution in [-0.4, -0.2) is 22.8 Å². The maximum atomic E-state index is 11.5. The molecule has 3 aliphatic heterocycles. The molecule has 0 saturated heterocycles. The van der Waals surface area contributed by atoms with Gasteiger partial charge in [0, 0.05) is 26.5 Å². The van der Waals surface area contributed by atoms with E-state index in [1.807, 2.05) is 6.92 Å². The van der Waals surface area contributed by atoms with Crippen LogP contribution in [-0.2, 0) is 37.7 Å². The fraction of sp³-hybridized carbons (Fsp3) is 0.382. The summed E-state index contributed by atoms with van der Waals surface area (Å²) in [4.78, 5) is 26.7. The maximum Gasteiger partial charge on any atom is 0.303 e.